The minimum absolute atomic E-state index is 0.0716. The van der Waals surface area contributed by atoms with Crippen LogP contribution in [0.2, 0.25) is 0 Å². The Bertz CT molecular complexity index is 956. The Kier molecular flexibility index (Phi) is 11.5. The number of phenols is 1. The van der Waals surface area contributed by atoms with Gasteiger partial charge in [-0.25, -0.2) is 4.79 Å². The van der Waals surface area contributed by atoms with Gasteiger partial charge in [0.1, 0.15) is 23.9 Å². The number of hydrogen-bond acceptors (Lipinski definition) is 9. The topological polar surface area (TPSA) is 245 Å². The summed E-state index contributed by atoms with van der Waals surface area (Å²) >= 11 is 3.80. The average molecular weight is 515 g/mol. The summed E-state index contributed by atoms with van der Waals surface area (Å²) in [6, 6.07) is -0.619. The van der Waals surface area contributed by atoms with Gasteiger partial charge >= 0.3 is 17.9 Å². The van der Waals surface area contributed by atoms with E-state index in [0.29, 0.717) is 5.56 Å². The minimum Gasteiger partial charge on any atom is -0.508 e. The van der Waals surface area contributed by atoms with E-state index < -0.39 is 72.6 Å². The lowest BCUT2D eigenvalue weighted by molar-refractivity contribution is -0.143. The molecule has 0 saturated heterocycles. The van der Waals surface area contributed by atoms with Gasteiger partial charge in [-0.15, -0.1) is 0 Å². The van der Waals surface area contributed by atoms with Crippen LogP contribution in [-0.4, -0.2) is 86.0 Å². The second kappa shape index (κ2) is 13.8. The Morgan fingerprint density at radius 3 is 1.74 bits per heavy atom. The molecule has 1 rings (SSSR count). The lowest BCUT2D eigenvalue weighted by Crippen LogP contribution is -2.58. The summed E-state index contributed by atoms with van der Waals surface area (Å²) in [7, 11) is 0. The van der Waals surface area contributed by atoms with Crippen molar-refractivity contribution >= 4 is 48.3 Å². The van der Waals surface area contributed by atoms with Crippen LogP contribution in [0.5, 0.6) is 5.75 Å². The summed E-state index contributed by atoms with van der Waals surface area (Å²) in [5.41, 5.74) is 5.97. The molecule has 9 N–H and O–H groups in total. The SMILES string of the molecule is NC(CC(=O)O)C(=O)NC(Cc1ccc(O)cc1)C(=O)NC(CC(=O)O)C(=O)NC(CS)C(=O)O. The van der Waals surface area contributed by atoms with Crippen molar-refractivity contribution in [2.24, 2.45) is 5.73 Å². The van der Waals surface area contributed by atoms with Gasteiger partial charge in [-0.3, -0.25) is 24.0 Å². The van der Waals surface area contributed by atoms with Crippen molar-refractivity contribution in [1.29, 1.82) is 0 Å². The third-order valence-electron chi connectivity index (χ3n) is 4.55. The molecule has 0 aromatic heterocycles. The highest BCUT2D eigenvalue weighted by molar-refractivity contribution is 7.80. The van der Waals surface area contributed by atoms with Gasteiger partial charge in [0.2, 0.25) is 17.7 Å². The second-order valence-corrected chi connectivity index (χ2v) is 7.74. The molecular formula is C20H26N4O10S. The van der Waals surface area contributed by atoms with Gasteiger partial charge in [0, 0.05) is 12.2 Å². The van der Waals surface area contributed by atoms with Crippen molar-refractivity contribution in [3.05, 3.63) is 29.8 Å². The van der Waals surface area contributed by atoms with E-state index in [2.05, 4.69) is 28.6 Å². The molecule has 15 heteroatoms. The summed E-state index contributed by atoms with van der Waals surface area (Å²) in [5.74, 6) is -7.78. The first-order chi connectivity index (χ1) is 16.3. The number of benzene rings is 1. The number of aliphatic carboxylic acids is 3. The van der Waals surface area contributed by atoms with Crippen LogP contribution in [0.3, 0.4) is 0 Å². The number of carboxylic acids is 3. The monoisotopic (exact) mass is 514 g/mol. The molecule has 192 valence electrons. The van der Waals surface area contributed by atoms with Gasteiger partial charge in [-0.2, -0.15) is 12.6 Å². The molecular weight excluding hydrogens is 488 g/mol. The summed E-state index contributed by atoms with van der Waals surface area (Å²) < 4.78 is 0. The molecule has 0 bridgehead atoms. The van der Waals surface area contributed by atoms with Gasteiger partial charge in [-0.05, 0) is 17.7 Å². The Labute approximate surface area is 204 Å². The molecule has 3 amide bonds. The number of rotatable bonds is 14. The smallest absolute Gasteiger partial charge is 0.327 e. The molecule has 1 aromatic carbocycles. The zero-order valence-corrected chi connectivity index (χ0v) is 19.1. The van der Waals surface area contributed by atoms with E-state index in [1.54, 1.807) is 0 Å². The van der Waals surface area contributed by atoms with Gasteiger partial charge in [-0.1, -0.05) is 12.1 Å². The first-order valence-electron chi connectivity index (χ1n) is 10.1. The number of thiol groups is 1. The van der Waals surface area contributed by atoms with Crippen LogP contribution in [0.4, 0.5) is 0 Å². The van der Waals surface area contributed by atoms with Crippen molar-refractivity contribution < 1.29 is 49.2 Å². The number of nitrogens with two attached hydrogens (primary N) is 1. The molecule has 0 radical (unpaired) electrons. The number of phenolic OH excluding ortho intramolecular Hbond substituents is 1. The van der Waals surface area contributed by atoms with Gasteiger partial charge in [0.15, 0.2) is 0 Å². The lowest BCUT2D eigenvalue weighted by atomic mass is 10.0. The normalized spacial score (nSPS) is 14.0. The quantitative estimate of drug-likeness (QED) is 0.119. The van der Waals surface area contributed by atoms with Crippen molar-refractivity contribution in [2.75, 3.05) is 5.75 Å². The van der Waals surface area contributed by atoms with E-state index in [4.69, 9.17) is 21.1 Å². The summed E-state index contributed by atoms with van der Waals surface area (Å²) in [6.07, 6.45) is -1.84. The molecule has 14 nitrogen and oxygen atoms in total. The summed E-state index contributed by atoms with van der Waals surface area (Å²) in [4.78, 5) is 70.9. The number of carboxylic acid groups (broad SMARTS) is 3. The van der Waals surface area contributed by atoms with Crippen LogP contribution in [0.25, 0.3) is 0 Å². The zero-order chi connectivity index (χ0) is 26.7. The van der Waals surface area contributed by atoms with Crippen molar-refractivity contribution in [1.82, 2.24) is 16.0 Å². The number of hydrogen-bond donors (Lipinski definition) is 9. The number of nitrogens with one attached hydrogen (secondary N) is 3. The predicted octanol–water partition coefficient (Wildman–Crippen LogP) is -2.32. The number of carbonyl (C=O) groups excluding carboxylic acids is 3. The van der Waals surface area contributed by atoms with Crippen LogP contribution < -0.4 is 21.7 Å². The van der Waals surface area contributed by atoms with E-state index in [1.807, 2.05) is 0 Å². The third-order valence-corrected chi connectivity index (χ3v) is 4.91. The molecule has 1 aromatic rings. The fourth-order valence-electron chi connectivity index (χ4n) is 2.75. The first-order valence-corrected chi connectivity index (χ1v) is 10.7. The highest BCUT2D eigenvalue weighted by Crippen LogP contribution is 2.12. The van der Waals surface area contributed by atoms with E-state index in [1.165, 1.54) is 24.3 Å². The molecule has 0 spiro atoms. The summed E-state index contributed by atoms with van der Waals surface area (Å²) in [5, 5.41) is 42.9. The first kappa shape index (κ1) is 29.2. The molecule has 0 aliphatic heterocycles. The predicted molar refractivity (Wildman–Crippen MR) is 122 cm³/mol. The maximum atomic E-state index is 12.9. The van der Waals surface area contributed by atoms with E-state index in [0.717, 1.165) is 0 Å². The average Bonchev–Trinajstić information content (AvgIpc) is 2.76. The summed E-state index contributed by atoms with van der Waals surface area (Å²) in [6.45, 7) is 0. The van der Waals surface area contributed by atoms with Gasteiger partial charge in [0.25, 0.3) is 0 Å². The molecule has 0 fully saturated rings. The third kappa shape index (κ3) is 10.3. The molecule has 0 aliphatic rings. The molecule has 35 heavy (non-hydrogen) atoms. The number of amides is 3. The fraction of sp³-hybridized carbons (Fsp3) is 0.400. The van der Waals surface area contributed by atoms with Crippen LogP contribution in [-0.2, 0) is 35.2 Å². The Morgan fingerprint density at radius 1 is 0.771 bits per heavy atom. The Balaban J connectivity index is 3.13. The maximum absolute atomic E-state index is 12.9. The van der Waals surface area contributed by atoms with E-state index in [9.17, 15) is 33.9 Å². The van der Waals surface area contributed by atoms with Crippen LogP contribution in [0.15, 0.2) is 24.3 Å². The molecule has 0 saturated carbocycles. The van der Waals surface area contributed by atoms with E-state index in [-0.39, 0.29) is 17.9 Å². The molecule has 4 unspecified atom stereocenters. The van der Waals surface area contributed by atoms with Gasteiger partial charge < -0.3 is 42.1 Å². The highest BCUT2D eigenvalue weighted by Gasteiger charge is 2.31. The van der Waals surface area contributed by atoms with Crippen molar-refractivity contribution in [3.63, 3.8) is 0 Å². The molecule has 0 aliphatic carbocycles. The maximum Gasteiger partial charge on any atom is 0.327 e. The minimum atomic E-state index is -1.71. The van der Waals surface area contributed by atoms with Crippen LogP contribution in [0.1, 0.15) is 18.4 Å². The van der Waals surface area contributed by atoms with Crippen molar-refractivity contribution in [3.8, 4) is 5.75 Å². The van der Waals surface area contributed by atoms with Gasteiger partial charge in [0.05, 0.1) is 18.9 Å². The largest absolute Gasteiger partial charge is 0.508 e. The van der Waals surface area contributed by atoms with Crippen molar-refractivity contribution in [2.45, 2.75) is 43.4 Å². The lowest BCUT2D eigenvalue weighted by Gasteiger charge is -2.24. The Morgan fingerprint density at radius 2 is 1.26 bits per heavy atom. The van der Waals surface area contributed by atoms with E-state index >= 15 is 0 Å². The standard InChI is InChI=1S/C20H26N4O10S/c21-11(6-15(26)27)17(30)22-12(5-9-1-3-10(25)4-2-9)18(31)23-13(7-16(28)29)19(32)24-14(8-35)20(33)34/h1-4,11-14,25,35H,5-8,21H2,(H,22,30)(H,23,31)(H,24,32)(H,26,27)(H,28,29)(H,33,34). The highest BCUT2D eigenvalue weighted by atomic mass is 32.1. The second-order valence-electron chi connectivity index (χ2n) is 7.38. The number of aromatic hydroxyl groups is 1. The van der Waals surface area contributed by atoms with Crippen LogP contribution >= 0.6 is 12.6 Å². The molecule has 0 heterocycles. The fourth-order valence-corrected chi connectivity index (χ4v) is 3.00. The molecule has 4 atom stereocenters. The number of carbonyl (C=O) groups is 6. The van der Waals surface area contributed by atoms with Crippen LogP contribution in [0, 0.1) is 0 Å². The zero-order valence-electron chi connectivity index (χ0n) is 18.2. The Hall–Kier alpha value is -3.85.